The second-order valence-electron chi connectivity index (χ2n) is 11.3. The summed E-state index contributed by atoms with van der Waals surface area (Å²) >= 11 is 0. The first-order valence-corrected chi connectivity index (χ1v) is 14.3. The van der Waals surface area contributed by atoms with Crippen molar-refractivity contribution in [3.63, 3.8) is 0 Å². The minimum absolute atomic E-state index is 0.0364. The van der Waals surface area contributed by atoms with Crippen molar-refractivity contribution in [1.82, 2.24) is 14.7 Å². The summed E-state index contributed by atoms with van der Waals surface area (Å²) in [7, 11) is 1.78. The summed E-state index contributed by atoms with van der Waals surface area (Å²) in [5.41, 5.74) is 2.97. The summed E-state index contributed by atoms with van der Waals surface area (Å²) in [6, 6.07) is 12.0. The van der Waals surface area contributed by atoms with E-state index in [-0.39, 0.29) is 23.4 Å². The number of halogens is 1. The lowest BCUT2D eigenvalue weighted by Crippen LogP contribution is -2.55. The van der Waals surface area contributed by atoms with Crippen molar-refractivity contribution < 1.29 is 23.5 Å². The number of hydrogen-bond donors (Lipinski definition) is 2. The van der Waals surface area contributed by atoms with Crippen LogP contribution in [-0.4, -0.2) is 65.0 Å². The molecule has 216 valence electrons. The third-order valence-corrected chi connectivity index (χ3v) is 8.58. The highest BCUT2D eigenvalue weighted by atomic mass is 19.1. The highest BCUT2D eigenvalue weighted by molar-refractivity contribution is 5.98. The zero-order valence-corrected chi connectivity index (χ0v) is 23.4. The van der Waals surface area contributed by atoms with E-state index in [4.69, 9.17) is 9.47 Å². The van der Waals surface area contributed by atoms with Crippen molar-refractivity contribution in [3.05, 3.63) is 77.4 Å². The number of rotatable bonds is 6. The first-order valence-electron chi connectivity index (χ1n) is 14.3. The summed E-state index contributed by atoms with van der Waals surface area (Å²) in [5, 5.41) is 10.7. The zero-order valence-electron chi connectivity index (χ0n) is 23.4. The zero-order chi connectivity index (χ0) is 28.5. The molecule has 0 spiro atoms. The Bertz CT molecular complexity index is 1380. The van der Waals surface area contributed by atoms with Crippen LogP contribution in [0.4, 0.5) is 15.8 Å². The molecule has 41 heavy (non-hydrogen) atoms. The molecule has 0 radical (unpaired) electrons. The van der Waals surface area contributed by atoms with Gasteiger partial charge in [0.2, 0.25) is 5.91 Å². The molecule has 3 fully saturated rings. The maximum Gasteiger partial charge on any atom is 0.257 e. The lowest BCUT2D eigenvalue weighted by Gasteiger charge is -2.47. The summed E-state index contributed by atoms with van der Waals surface area (Å²) < 4.78 is 28.1. The molecule has 4 atom stereocenters. The van der Waals surface area contributed by atoms with E-state index in [9.17, 15) is 9.59 Å². The van der Waals surface area contributed by atoms with Gasteiger partial charge in [0, 0.05) is 44.1 Å². The summed E-state index contributed by atoms with van der Waals surface area (Å²) in [6.45, 7) is 4.01. The van der Waals surface area contributed by atoms with Gasteiger partial charge in [0.25, 0.3) is 5.91 Å². The van der Waals surface area contributed by atoms with Gasteiger partial charge in [-0.15, -0.1) is 0 Å². The molecule has 3 saturated heterocycles. The molecule has 9 nitrogen and oxygen atoms in total. The molecule has 2 N–H and O–H groups in total. The Hall–Kier alpha value is -3.76. The maximum absolute atomic E-state index is 15.2. The molecule has 3 aliphatic rings. The number of ether oxygens (including phenoxy) is 2. The first-order chi connectivity index (χ1) is 19.9. The number of piperidine rings is 1. The number of benzene rings is 2. The van der Waals surface area contributed by atoms with E-state index < -0.39 is 23.7 Å². The monoisotopic (exact) mass is 561 g/mol. The van der Waals surface area contributed by atoms with Crippen LogP contribution < -0.4 is 10.6 Å². The van der Waals surface area contributed by atoms with E-state index in [0.29, 0.717) is 36.9 Å². The standard InChI is InChI=1S/C31H36FN5O4/c1-19-4-3-5-26(32)28(19)31(39)37-27-18-41-17-21(27)14-25(30(38)35-24-15-33-36(2)16-24)29(37)20-6-8-22(9-7-20)34-23-10-12-40-13-11-23/h3-9,15-16,21,23,25,27,29,34H,10-14,17-18H2,1-2H3,(H,35,38)/t21-,25?,27+,29?/m1/s1. The number of amides is 2. The number of nitrogens with one attached hydrogen (secondary N) is 2. The Kier molecular flexibility index (Phi) is 7.77. The van der Waals surface area contributed by atoms with E-state index in [1.807, 2.05) is 24.3 Å². The number of nitrogens with zero attached hydrogens (tertiary/aromatic N) is 3. The molecule has 0 aliphatic carbocycles. The summed E-state index contributed by atoms with van der Waals surface area (Å²) in [4.78, 5) is 29.9. The van der Waals surface area contributed by atoms with Gasteiger partial charge in [-0.2, -0.15) is 5.10 Å². The van der Waals surface area contributed by atoms with Crippen LogP contribution in [0.3, 0.4) is 0 Å². The minimum Gasteiger partial charge on any atom is -0.382 e. The first kappa shape index (κ1) is 27.4. The van der Waals surface area contributed by atoms with E-state index >= 15 is 4.39 Å². The van der Waals surface area contributed by atoms with Crippen LogP contribution in [0.2, 0.25) is 0 Å². The Morgan fingerprint density at radius 3 is 2.51 bits per heavy atom. The number of likely N-dealkylation sites (tertiary alicyclic amines) is 1. The Labute approximate surface area is 239 Å². The van der Waals surface area contributed by atoms with Gasteiger partial charge in [-0.1, -0.05) is 24.3 Å². The molecule has 10 heteroatoms. The van der Waals surface area contributed by atoms with Crippen LogP contribution in [0, 0.1) is 24.6 Å². The van der Waals surface area contributed by atoms with Gasteiger partial charge in [-0.05, 0) is 55.5 Å². The van der Waals surface area contributed by atoms with Crippen LogP contribution in [0.5, 0.6) is 0 Å². The van der Waals surface area contributed by atoms with Gasteiger partial charge < -0.3 is 25.0 Å². The molecule has 6 rings (SSSR count). The van der Waals surface area contributed by atoms with E-state index in [0.717, 1.165) is 37.3 Å². The molecular formula is C31H36FN5O4. The van der Waals surface area contributed by atoms with Gasteiger partial charge in [-0.3, -0.25) is 14.3 Å². The number of hydrogen-bond acceptors (Lipinski definition) is 6. The van der Waals surface area contributed by atoms with Crippen LogP contribution in [0.1, 0.15) is 46.8 Å². The number of carbonyl (C=O) groups excluding carboxylic acids is 2. The molecule has 0 bridgehead atoms. The van der Waals surface area contributed by atoms with Crippen LogP contribution in [-0.2, 0) is 21.3 Å². The average Bonchev–Trinajstić information content (AvgIpc) is 3.61. The largest absolute Gasteiger partial charge is 0.382 e. The lowest BCUT2D eigenvalue weighted by molar-refractivity contribution is -0.124. The van der Waals surface area contributed by atoms with Crippen molar-refractivity contribution in [2.45, 2.75) is 44.3 Å². The summed E-state index contributed by atoms with van der Waals surface area (Å²) in [6.07, 6.45) is 5.76. The number of carbonyl (C=O) groups is 2. The van der Waals surface area contributed by atoms with Crippen LogP contribution in [0.15, 0.2) is 54.9 Å². The number of fused-ring (bicyclic) bond motifs is 1. The van der Waals surface area contributed by atoms with Crippen LogP contribution in [0.25, 0.3) is 0 Å². The molecule has 1 aromatic heterocycles. The average molecular weight is 562 g/mol. The Morgan fingerprint density at radius 1 is 1.02 bits per heavy atom. The molecule has 2 unspecified atom stereocenters. The van der Waals surface area contributed by atoms with Crippen molar-refractivity contribution in [2.24, 2.45) is 18.9 Å². The SMILES string of the molecule is Cc1cccc(F)c1C(=O)N1C(c2ccc(NC3CCOCC3)cc2)C(C(=O)Nc2cnn(C)c2)C[C@@H]2COC[C@@H]21. The topological polar surface area (TPSA) is 97.7 Å². The van der Waals surface area contributed by atoms with Gasteiger partial charge in [0.15, 0.2) is 0 Å². The second-order valence-corrected chi connectivity index (χ2v) is 11.3. The summed E-state index contributed by atoms with van der Waals surface area (Å²) in [5.74, 6) is -1.82. The van der Waals surface area contributed by atoms with E-state index in [1.165, 1.54) is 6.07 Å². The molecule has 0 saturated carbocycles. The van der Waals surface area contributed by atoms with Crippen molar-refractivity contribution in [3.8, 4) is 0 Å². The number of anilines is 2. The second kappa shape index (κ2) is 11.6. The van der Waals surface area contributed by atoms with Crippen molar-refractivity contribution in [1.29, 1.82) is 0 Å². The van der Waals surface area contributed by atoms with E-state index in [1.54, 1.807) is 48.1 Å². The third-order valence-electron chi connectivity index (χ3n) is 8.58. The van der Waals surface area contributed by atoms with Gasteiger partial charge in [0.1, 0.15) is 5.82 Å². The van der Waals surface area contributed by atoms with Crippen molar-refractivity contribution >= 4 is 23.2 Å². The maximum atomic E-state index is 15.2. The molecular weight excluding hydrogens is 525 g/mol. The highest BCUT2D eigenvalue weighted by Gasteiger charge is 2.51. The number of aromatic nitrogens is 2. The smallest absolute Gasteiger partial charge is 0.257 e. The fraction of sp³-hybridized carbons (Fsp3) is 0.452. The molecule has 2 amide bonds. The number of aryl methyl sites for hydroxylation is 2. The predicted molar refractivity (Wildman–Crippen MR) is 152 cm³/mol. The Morgan fingerprint density at radius 2 is 1.80 bits per heavy atom. The van der Waals surface area contributed by atoms with Gasteiger partial charge in [-0.25, -0.2) is 4.39 Å². The quantitative estimate of drug-likeness (QED) is 0.466. The predicted octanol–water partition coefficient (Wildman–Crippen LogP) is 4.32. The van der Waals surface area contributed by atoms with Crippen molar-refractivity contribution in [2.75, 3.05) is 37.1 Å². The lowest BCUT2D eigenvalue weighted by atomic mass is 9.76. The molecule has 3 aliphatic heterocycles. The van der Waals surface area contributed by atoms with Gasteiger partial charge >= 0.3 is 0 Å². The highest BCUT2D eigenvalue weighted by Crippen LogP contribution is 2.45. The molecule has 4 heterocycles. The fourth-order valence-electron chi connectivity index (χ4n) is 6.50. The third kappa shape index (κ3) is 5.58. The Balaban J connectivity index is 1.38. The van der Waals surface area contributed by atoms with E-state index in [2.05, 4.69) is 15.7 Å². The normalized spacial score (nSPS) is 24.6. The fourth-order valence-corrected chi connectivity index (χ4v) is 6.50. The molecule has 2 aromatic carbocycles. The van der Waals surface area contributed by atoms with Gasteiger partial charge in [0.05, 0.1) is 48.7 Å². The van der Waals surface area contributed by atoms with Crippen LogP contribution >= 0.6 is 0 Å². The molecule has 3 aromatic rings. The minimum atomic E-state index is -0.613.